The van der Waals surface area contributed by atoms with Crippen molar-refractivity contribution in [1.82, 2.24) is 9.97 Å². The average Bonchev–Trinajstić information content (AvgIpc) is 2.82. The Morgan fingerprint density at radius 2 is 2.06 bits per heavy atom. The normalized spacial score (nSPS) is 10.7. The van der Waals surface area contributed by atoms with Crippen molar-refractivity contribution in [3.8, 4) is 0 Å². The number of nitrogens with one attached hydrogen (secondary N) is 1. The lowest BCUT2D eigenvalue weighted by Crippen LogP contribution is -1.98. The molecule has 90 valence electrons. The molecular weight excluding hydrogens is 266 g/mol. The molecule has 3 aromatic rings. The summed E-state index contributed by atoms with van der Waals surface area (Å²) in [5.41, 5.74) is 2.01. The fourth-order valence-electron chi connectivity index (χ4n) is 1.79. The number of halogens is 1. The number of pyridine rings is 1. The Balaban J connectivity index is 1.86. The van der Waals surface area contributed by atoms with Gasteiger partial charge in [0.1, 0.15) is 0 Å². The largest absolute Gasteiger partial charge is 0.378 e. The predicted molar refractivity (Wildman–Crippen MR) is 76.2 cm³/mol. The molecule has 0 fully saturated rings. The van der Waals surface area contributed by atoms with E-state index in [1.165, 1.54) is 11.3 Å². The first-order valence-electron chi connectivity index (χ1n) is 5.51. The maximum Gasteiger partial charge on any atom is 0.183 e. The van der Waals surface area contributed by atoms with Crippen LogP contribution in [0.25, 0.3) is 10.9 Å². The van der Waals surface area contributed by atoms with Crippen molar-refractivity contribution in [2.45, 2.75) is 6.54 Å². The number of para-hydroxylation sites is 1. The van der Waals surface area contributed by atoms with Crippen molar-refractivity contribution in [1.29, 1.82) is 0 Å². The SMILES string of the molecule is Clc1ncc(CNc2cccc3cccnc23)s1. The predicted octanol–water partition coefficient (Wildman–Crippen LogP) is 3.96. The molecule has 1 N–H and O–H groups in total. The molecule has 3 rings (SSSR count). The van der Waals surface area contributed by atoms with E-state index in [0.29, 0.717) is 11.0 Å². The van der Waals surface area contributed by atoms with Gasteiger partial charge in [0.05, 0.1) is 17.7 Å². The molecule has 0 aliphatic rings. The number of hydrogen-bond donors (Lipinski definition) is 1. The third-order valence-corrected chi connectivity index (χ3v) is 3.73. The van der Waals surface area contributed by atoms with Gasteiger partial charge < -0.3 is 5.32 Å². The van der Waals surface area contributed by atoms with Crippen LogP contribution < -0.4 is 5.32 Å². The van der Waals surface area contributed by atoms with Crippen LogP contribution in [-0.4, -0.2) is 9.97 Å². The van der Waals surface area contributed by atoms with Gasteiger partial charge in [-0.25, -0.2) is 4.98 Å². The second-order valence-corrected chi connectivity index (χ2v) is 5.51. The van der Waals surface area contributed by atoms with Crippen molar-refractivity contribution in [3.63, 3.8) is 0 Å². The first-order chi connectivity index (χ1) is 8.83. The Morgan fingerprint density at radius 3 is 2.89 bits per heavy atom. The molecule has 0 spiro atoms. The maximum atomic E-state index is 5.80. The number of thiazole rings is 1. The Morgan fingerprint density at radius 1 is 1.17 bits per heavy atom. The molecule has 0 saturated heterocycles. The number of benzene rings is 1. The molecule has 0 amide bonds. The number of nitrogens with zero attached hydrogens (tertiary/aromatic N) is 2. The van der Waals surface area contributed by atoms with Crippen LogP contribution in [0.4, 0.5) is 5.69 Å². The van der Waals surface area contributed by atoms with Crippen LogP contribution >= 0.6 is 22.9 Å². The molecular formula is C13H10ClN3S. The number of fused-ring (bicyclic) bond motifs is 1. The van der Waals surface area contributed by atoms with Gasteiger partial charge in [-0.05, 0) is 12.1 Å². The molecule has 0 unspecified atom stereocenters. The average molecular weight is 276 g/mol. The van der Waals surface area contributed by atoms with E-state index in [9.17, 15) is 0 Å². The van der Waals surface area contributed by atoms with Crippen LogP contribution in [0.3, 0.4) is 0 Å². The summed E-state index contributed by atoms with van der Waals surface area (Å²) in [6, 6.07) is 10.1. The van der Waals surface area contributed by atoms with Crippen LogP contribution in [-0.2, 0) is 6.54 Å². The minimum absolute atomic E-state index is 0.572. The van der Waals surface area contributed by atoms with Gasteiger partial charge in [0.15, 0.2) is 4.47 Å². The highest BCUT2D eigenvalue weighted by Gasteiger charge is 2.03. The molecule has 0 aliphatic carbocycles. The summed E-state index contributed by atoms with van der Waals surface area (Å²) >= 11 is 7.29. The van der Waals surface area contributed by atoms with E-state index in [-0.39, 0.29) is 0 Å². The Kier molecular flexibility index (Phi) is 3.13. The molecule has 1 aromatic carbocycles. The minimum Gasteiger partial charge on any atom is -0.378 e. The Hall–Kier alpha value is -1.65. The highest BCUT2D eigenvalue weighted by molar-refractivity contribution is 7.15. The number of aromatic nitrogens is 2. The van der Waals surface area contributed by atoms with Crippen molar-refractivity contribution in [3.05, 3.63) is 52.1 Å². The summed E-state index contributed by atoms with van der Waals surface area (Å²) in [5.74, 6) is 0. The Labute approximate surface area is 113 Å². The van der Waals surface area contributed by atoms with Crippen molar-refractivity contribution >= 4 is 39.5 Å². The van der Waals surface area contributed by atoms with Crippen molar-refractivity contribution < 1.29 is 0 Å². The van der Waals surface area contributed by atoms with Gasteiger partial charge in [0.2, 0.25) is 0 Å². The zero-order valence-corrected chi connectivity index (χ0v) is 11.0. The summed E-state index contributed by atoms with van der Waals surface area (Å²) < 4.78 is 0.572. The number of rotatable bonds is 3. The third kappa shape index (κ3) is 2.30. The fourth-order valence-corrected chi connectivity index (χ4v) is 2.71. The van der Waals surface area contributed by atoms with Crippen LogP contribution in [0.1, 0.15) is 4.88 Å². The van der Waals surface area contributed by atoms with Crippen molar-refractivity contribution in [2.24, 2.45) is 0 Å². The molecule has 0 radical (unpaired) electrons. The summed E-state index contributed by atoms with van der Waals surface area (Å²) in [5, 5.41) is 4.50. The van der Waals surface area contributed by atoms with Gasteiger partial charge in [-0.3, -0.25) is 4.98 Å². The van der Waals surface area contributed by atoms with Crippen LogP contribution in [0.5, 0.6) is 0 Å². The third-order valence-electron chi connectivity index (χ3n) is 2.61. The Bertz CT molecular complexity index is 675. The molecule has 2 heterocycles. The quantitative estimate of drug-likeness (QED) is 0.786. The van der Waals surface area contributed by atoms with E-state index in [2.05, 4.69) is 27.4 Å². The summed E-state index contributed by atoms with van der Waals surface area (Å²) in [6.07, 6.45) is 3.59. The fraction of sp³-hybridized carbons (Fsp3) is 0.0769. The van der Waals surface area contributed by atoms with E-state index in [1.807, 2.05) is 18.2 Å². The van der Waals surface area contributed by atoms with Crippen molar-refractivity contribution in [2.75, 3.05) is 5.32 Å². The topological polar surface area (TPSA) is 37.8 Å². The molecule has 3 nitrogen and oxygen atoms in total. The van der Waals surface area contributed by atoms with E-state index in [0.717, 1.165) is 21.5 Å². The van der Waals surface area contributed by atoms with E-state index >= 15 is 0 Å². The molecule has 2 aromatic heterocycles. The van der Waals surface area contributed by atoms with Crippen LogP contribution in [0, 0.1) is 0 Å². The number of anilines is 1. The summed E-state index contributed by atoms with van der Waals surface area (Å²) in [7, 11) is 0. The lowest BCUT2D eigenvalue weighted by Gasteiger charge is -2.07. The lowest BCUT2D eigenvalue weighted by atomic mass is 10.2. The zero-order chi connectivity index (χ0) is 12.4. The molecule has 0 bridgehead atoms. The highest BCUT2D eigenvalue weighted by atomic mass is 35.5. The van der Waals surface area contributed by atoms with Gasteiger partial charge in [0, 0.05) is 22.7 Å². The van der Waals surface area contributed by atoms with E-state index in [4.69, 9.17) is 11.6 Å². The smallest absolute Gasteiger partial charge is 0.183 e. The second-order valence-electron chi connectivity index (χ2n) is 3.81. The molecule has 0 saturated carbocycles. The molecule has 5 heteroatoms. The second kappa shape index (κ2) is 4.92. The lowest BCUT2D eigenvalue weighted by molar-refractivity contribution is 1.18. The standard InChI is InChI=1S/C13H10ClN3S/c14-13-17-8-10(18-13)7-16-11-5-1-3-9-4-2-6-15-12(9)11/h1-6,8,16H,7H2. The molecule has 0 atom stereocenters. The monoisotopic (exact) mass is 275 g/mol. The molecule has 18 heavy (non-hydrogen) atoms. The van der Waals surface area contributed by atoms with Gasteiger partial charge in [-0.2, -0.15) is 0 Å². The van der Waals surface area contributed by atoms with Gasteiger partial charge in [-0.1, -0.05) is 29.8 Å². The molecule has 0 aliphatic heterocycles. The van der Waals surface area contributed by atoms with Crippen LogP contribution in [0.2, 0.25) is 4.47 Å². The van der Waals surface area contributed by atoms with Gasteiger partial charge in [0.25, 0.3) is 0 Å². The summed E-state index contributed by atoms with van der Waals surface area (Å²) in [6.45, 7) is 0.708. The maximum absolute atomic E-state index is 5.80. The highest BCUT2D eigenvalue weighted by Crippen LogP contribution is 2.23. The van der Waals surface area contributed by atoms with Crippen LogP contribution in [0.15, 0.2) is 42.7 Å². The first kappa shape index (κ1) is 11.4. The summed E-state index contributed by atoms with van der Waals surface area (Å²) in [4.78, 5) is 9.52. The first-order valence-corrected chi connectivity index (χ1v) is 6.70. The van der Waals surface area contributed by atoms with Gasteiger partial charge >= 0.3 is 0 Å². The zero-order valence-electron chi connectivity index (χ0n) is 9.43. The van der Waals surface area contributed by atoms with E-state index in [1.54, 1.807) is 12.4 Å². The minimum atomic E-state index is 0.572. The van der Waals surface area contributed by atoms with Gasteiger partial charge in [-0.15, -0.1) is 11.3 Å². The number of hydrogen-bond acceptors (Lipinski definition) is 4. The van der Waals surface area contributed by atoms with E-state index < -0.39 is 0 Å².